The summed E-state index contributed by atoms with van der Waals surface area (Å²) < 4.78 is 12.8. The number of hydrogen-bond acceptors (Lipinski definition) is 1. The average molecular weight is 217 g/mol. The molecule has 0 spiro atoms. The Kier molecular flexibility index (Phi) is 4.91. The molecule has 0 aliphatic rings. The van der Waals surface area contributed by atoms with Crippen molar-refractivity contribution in [1.29, 1.82) is 0 Å². The summed E-state index contributed by atoms with van der Waals surface area (Å²) in [5, 5.41) is 9.54. The summed E-state index contributed by atoms with van der Waals surface area (Å²) in [6, 6.07) is 6.31. The maximum atomic E-state index is 12.8. The Labute approximate surface area is 88.5 Å². The van der Waals surface area contributed by atoms with Gasteiger partial charge in [0.05, 0.1) is 6.10 Å². The van der Waals surface area contributed by atoms with Gasteiger partial charge in [-0.2, -0.15) is 0 Å². The molecule has 0 saturated heterocycles. The average Bonchev–Trinajstić information content (AvgIpc) is 2.15. The van der Waals surface area contributed by atoms with E-state index < -0.39 is 6.10 Å². The van der Waals surface area contributed by atoms with Crippen LogP contribution in [0.15, 0.2) is 24.3 Å². The fourth-order valence-electron chi connectivity index (χ4n) is 1.35. The molecule has 14 heavy (non-hydrogen) atoms. The van der Waals surface area contributed by atoms with Crippen molar-refractivity contribution in [3.8, 4) is 0 Å². The fourth-order valence-corrected chi connectivity index (χ4v) is 1.51. The summed E-state index contributed by atoms with van der Waals surface area (Å²) in [5.41, 5.74) is 0.826. The molecule has 0 saturated carbocycles. The van der Waals surface area contributed by atoms with Crippen molar-refractivity contribution in [2.45, 2.75) is 25.4 Å². The Morgan fingerprint density at radius 2 is 2.21 bits per heavy atom. The van der Waals surface area contributed by atoms with Gasteiger partial charge in [0.25, 0.3) is 0 Å². The van der Waals surface area contributed by atoms with Gasteiger partial charge >= 0.3 is 0 Å². The molecule has 0 aliphatic heterocycles. The van der Waals surface area contributed by atoms with Gasteiger partial charge in [-0.05, 0) is 37.0 Å². The first-order chi connectivity index (χ1) is 6.72. The van der Waals surface area contributed by atoms with Gasteiger partial charge < -0.3 is 5.11 Å². The highest BCUT2D eigenvalue weighted by Crippen LogP contribution is 2.09. The lowest BCUT2D eigenvalue weighted by Crippen LogP contribution is -2.10. The standard InChI is InChI=1S/C11H14ClFO/c12-6-2-5-11(14)8-9-3-1-4-10(13)7-9/h1,3-4,7,11,14H,2,5-6,8H2. The molecule has 0 bridgehead atoms. The molecule has 0 fully saturated rings. The summed E-state index contributed by atoms with van der Waals surface area (Å²) in [5.74, 6) is 0.298. The Balaban J connectivity index is 2.43. The third-order valence-corrected chi connectivity index (χ3v) is 2.30. The van der Waals surface area contributed by atoms with Gasteiger partial charge in [-0.15, -0.1) is 11.6 Å². The van der Waals surface area contributed by atoms with Crippen LogP contribution in [0.4, 0.5) is 4.39 Å². The van der Waals surface area contributed by atoms with E-state index in [9.17, 15) is 9.50 Å². The molecule has 0 heterocycles. The molecule has 1 unspecified atom stereocenters. The van der Waals surface area contributed by atoms with E-state index >= 15 is 0 Å². The number of rotatable bonds is 5. The largest absolute Gasteiger partial charge is 0.393 e. The van der Waals surface area contributed by atoms with E-state index in [0.29, 0.717) is 18.7 Å². The van der Waals surface area contributed by atoms with Gasteiger partial charge in [0.1, 0.15) is 5.82 Å². The van der Waals surface area contributed by atoms with Crippen LogP contribution in [0.1, 0.15) is 18.4 Å². The molecule has 0 aromatic heterocycles. The molecule has 1 aromatic rings. The zero-order valence-electron chi connectivity index (χ0n) is 7.92. The van der Waals surface area contributed by atoms with Crippen LogP contribution >= 0.6 is 11.6 Å². The van der Waals surface area contributed by atoms with Crippen molar-refractivity contribution in [3.05, 3.63) is 35.6 Å². The summed E-state index contributed by atoms with van der Waals surface area (Å²) in [6.07, 6.45) is 1.53. The summed E-state index contributed by atoms with van der Waals surface area (Å²) >= 11 is 5.50. The van der Waals surface area contributed by atoms with E-state index in [1.54, 1.807) is 6.07 Å². The number of alkyl halides is 1. The van der Waals surface area contributed by atoms with Gasteiger partial charge in [-0.25, -0.2) is 4.39 Å². The topological polar surface area (TPSA) is 20.2 Å². The third kappa shape index (κ3) is 4.07. The highest BCUT2D eigenvalue weighted by atomic mass is 35.5. The van der Waals surface area contributed by atoms with Crippen LogP contribution in [0.3, 0.4) is 0 Å². The van der Waals surface area contributed by atoms with Crippen LogP contribution in [-0.4, -0.2) is 17.1 Å². The van der Waals surface area contributed by atoms with Gasteiger partial charge in [0.2, 0.25) is 0 Å². The van der Waals surface area contributed by atoms with Gasteiger partial charge in [0, 0.05) is 5.88 Å². The molecule has 0 aliphatic carbocycles. The van der Waals surface area contributed by atoms with Gasteiger partial charge in [0.15, 0.2) is 0 Å². The fraction of sp³-hybridized carbons (Fsp3) is 0.455. The minimum absolute atomic E-state index is 0.257. The van der Waals surface area contributed by atoms with E-state index in [4.69, 9.17) is 11.6 Å². The Bertz CT molecular complexity index is 278. The molecule has 78 valence electrons. The lowest BCUT2D eigenvalue weighted by atomic mass is 10.0. The molecule has 0 amide bonds. The van der Waals surface area contributed by atoms with Crippen molar-refractivity contribution in [3.63, 3.8) is 0 Å². The zero-order chi connectivity index (χ0) is 10.4. The normalized spacial score (nSPS) is 12.8. The Morgan fingerprint density at radius 3 is 2.86 bits per heavy atom. The quantitative estimate of drug-likeness (QED) is 0.751. The predicted octanol–water partition coefficient (Wildman–Crippen LogP) is 2.75. The highest BCUT2D eigenvalue weighted by molar-refractivity contribution is 6.17. The SMILES string of the molecule is OC(CCCCl)Cc1cccc(F)c1. The maximum Gasteiger partial charge on any atom is 0.123 e. The lowest BCUT2D eigenvalue weighted by molar-refractivity contribution is 0.164. The second-order valence-corrected chi connectivity index (χ2v) is 3.70. The Morgan fingerprint density at radius 1 is 1.43 bits per heavy atom. The molecule has 1 aromatic carbocycles. The van der Waals surface area contributed by atoms with Gasteiger partial charge in [-0.3, -0.25) is 0 Å². The number of aliphatic hydroxyl groups is 1. The Hall–Kier alpha value is -0.600. The smallest absolute Gasteiger partial charge is 0.123 e. The highest BCUT2D eigenvalue weighted by Gasteiger charge is 2.05. The molecular weight excluding hydrogens is 203 g/mol. The van der Waals surface area contributed by atoms with Crippen molar-refractivity contribution >= 4 is 11.6 Å². The lowest BCUT2D eigenvalue weighted by Gasteiger charge is -2.09. The first kappa shape index (κ1) is 11.5. The second kappa shape index (κ2) is 5.99. The number of halogens is 2. The molecule has 1 N–H and O–H groups in total. The molecule has 3 heteroatoms. The summed E-state index contributed by atoms with van der Waals surface area (Å²) in [7, 11) is 0. The van der Waals surface area contributed by atoms with Crippen LogP contribution in [0.25, 0.3) is 0 Å². The number of aliphatic hydroxyl groups excluding tert-OH is 1. The number of benzene rings is 1. The van der Waals surface area contributed by atoms with Crippen LogP contribution in [0.2, 0.25) is 0 Å². The van der Waals surface area contributed by atoms with Crippen LogP contribution < -0.4 is 0 Å². The molecule has 1 nitrogen and oxygen atoms in total. The first-order valence-corrected chi connectivity index (χ1v) is 5.24. The maximum absolute atomic E-state index is 12.8. The third-order valence-electron chi connectivity index (χ3n) is 2.03. The zero-order valence-corrected chi connectivity index (χ0v) is 8.67. The van der Waals surface area contributed by atoms with Crippen molar-refractivity contribution in [1.82, 2.24) is 0 Å². The van der Waals surface area contributed by atoms with Crippen LogP contribution in [0, 0.1) is 5.82 Å². The van der Waals surface area contributed by atoms with E-state index in [2.05, 4.69) is 0 Å². The molecule has 0 radical (unpaired) electrons. The second-order valence-electron chi connectivity index (χ2n) is 3.32. The summed E-state index contributed by atoms with van der Waals surface area (Å²) in [6.45, 7) is 0. The van der Waals surface area contributed by atoms with E-state index in [1.807, 2.05) is 6.07 Å². The molecular formula is C11H14ClFO. The van der Waals surface area contributed by atoms with E-state index in [0.717, 1.165) is 12.0 Å². The molecule has 1 rings (SSSR count). The van der Waals surface area contributed by atoms with E-state index in [-0.39, 0.29) is 5.82 Å². The van der Waals surface area contributed by atoms with Crippen LogP contribution in [0.5, 0.6) is 0 Å². The van der Waals surface area contributed by atoms with Gasteiger partial charge in [-0.1, -0.05) is 12.1 Å². The van der Waals surface area contributed by atoms with Crippen molar-refractivity contribution in [2.75, 3.05) is 5.88 Å². The summed E-state index contributed by atoms with van der Waals surface area (Å²) in [4.78, 5) is 0. The van der Waals surface area contributed by atoms with Crippen molar-refractivity contribution < 1.29 is 9.50 Å². The van der Waals surface area contributed by atoms with Crippen molar-refractivity contribution in [2.24, 2.45) is 0 Å². The minimum Gasteiger partial charge on any atom is -0.393 e. The predicted molar refractivity (Wildman–Crippen MR) is 56.1 cm³/mol. The first-order valence-electron chi connectivity index (χ1n) is 4.71. The van der Waals surface area contributed by atoms with E-state index in [1.165, 1.54) is 12.1 Å². The number of hydrogen-bond donors (Lipinski definition) is 1. The molecule has 1 atom stereocenters. The monoisotopic (exact) mass is 216 g/mol. The van der Waals surface area contributed by atoms with Crippen LogP contribution in [-0.2, 0) is 6.42 Å². The minimum atomic E-state index is -0.421.